The summed E-state index contributed by atoms with van der Waals surface area (Å²) in [6.45, 7) is 8.81. The van der Waals surface area contributed by atoms with Crippen LogP contribution in [0.2, 0.25) is 19.6 Å². The topological polar surface area (TPSA) is 12.0 Å². The maximum absolute atomic E-state index is 3.96. The molecule has 0 aromatic heterocycles. The van der Waals surface area contributed by atoms with Crippen LogP contribution < -0.4 is 5.32 Å². The Morgan fingerprint density at radius 1 is 1.24 bits per heavy atom. The summed E-state index contributed by atoms with van der Waals surface area (Å²) in [5.41, 5.74) is 4.56. The van der Waals surface area contributed by atoms with Gasteiger partial charge in [0.25, 0.3) is 0 Å². The zero-order chi connectivity index (χ0) is 12.9. The molecule has 0 fully saturated rings. The van der Waals surface area contributed by atoms with Gasteiger partial charge in [0.15, 0.2) is 0 Å². The fraction of sp³-hybridized carbons (Fsp3) is 0.357. The number of nitrogens with one attached hydrogen (secondary N) is 1. The Bertz CT molecular complexity index is 437. The first-order valence-corrected chi connectivity index (χ1v) is 9.79. The first-order chi connectivity index (χ1) is 7.88. The molecule has 1 N–H and O–H groups in total. The second kappa shape index (κ2) is 6.33. The van der Waals surface area contributed by atoms with E-state index < -0.39 is 8.07 Å². The standard InChI is InChI=1S/C14H19NSi.Fe/c1-13(14-9-6-5-7-10-14)15-11-8-12-16(2,3)4;/h5-7,9-10,13,15H,1-4H3;/q;+1. The van der Waals surface area contributed by atoms with Gasteiger partial charge in [-0.2, -0.15) is 0 Å². The molecule has 0 spiro atoms. The molecule has 1 atom stereocenters. The third-order valence-electron chi connectivity index (χ3n) is 2.18. The van der Waals surface area contributed by atoms with E-state index in [0.717, 1.165) is 4.54 Å². The molecule has 3 heteroatoms. The molecular formula is C14H19FeNSi+. The van der Waals surface area contributed by atoms with Crippen LogP contribution in [0.5, 0.6) is 0 Å². The van der Waals surface area contributed by atoms with Crippen LogP contribution in [0.15, 0.2) is 30.3 Å². The molecule has 0 heterocycles. The van der Waals surface area contributed by atoms with Gasteiger partial charge >= 0.3 is 113 Å². The molecule has 91 valence electrons. The van der Waals surface area contributed by atoms with Gasteiger partial charge < -0.3 is 0 Å². The summed E-state index contributed by atoms with van der Waals surface area (Å²) in [7, 11) is -1.31. The zero-order valence-corrected chi connectivity index (χ0v) is 12.9. The molecule has 1 aromatic carbocycles. The van der Waals surface area contributed by atoms with Crippen molar-refractivity contribution in [2.75, 3.05) is 0 Å². The Morgan fingerprint density at radius 2 is 1.82 bits per heavy atom. The molecule has 17 heavy (non-hydrogen) atoms. The minimum atomic E-state index is -1.31. The van der Waals surface area contributed by atoms with Crippen LogP contribution in [0.4, 0.5) is 0 Å². The van der Waals surface area contributed by atoms with Crippen molar-refractivity contribution in [2.24, 2.45) is 0 Å². The molecular weight excluding hydrogens is 266 g/mol. The van der Waals surface area contributed by atoms with E-state index in [0.29, 0.717) is 0 Å². The van der Waals surface area contributed by atoms with Crippen molar-refractivity contribution in [3.63, 3.8) is 0 Å². The Morgan fingerprint density at radius 3 is 2.35 bits per heavy atom. The Hall–Kier alpha value is -0.654. The molecule has 1 aromatic rings. The fourth-order valence-corrected chi connectivity index (χ4v) is 2.21. The number of rotatable bonds is 3. The average Bonchev–Trinajstić information content (AvgIpc) is 2.27. The fourth-order valence-electron chi connectivity index (χ4n) is 1.29. The van der Waals surface area contributed by atoms with E-state index in [-0.39, 0.29) is 6.04 Å². The zero-order valence-electron chi connectivity index (χ0n) is 10.8. The quantitative estimate of drug-likeness (QED) is 0.665. The van der Waals surface area contributed by atoms with Crippen molar-refractivity contribution in [1.29, 1.82) is 0 Å². The molecule has 1 nitrogen and oxygen atoms in total. The molecule has 0 saturated carbocycles. The van der Waals surface area contributed by atoms with Crippen LogP contribution in [0.25, 0.3) is 0 Å². The summed E-state index contributed by atoms with van der Waals surface area (Å²) in [5.74, 6) is 3.13. The van der Waals surface area contributed by atoms with Crippen molar-refractivity contribution in [2.45, 2.75) is 32.6 Å². The molecule has 0 aliphatic carbocycles. The van der Waals surface area contributed by atoms with Gasteiger partial charge in [0.1, 0.15) is 0 Å². The van der Waals surface area contributed by atoms with Crippen molar-refractivity contribution in [1.82, 2.24) is 5.32 Å². The van der Waals surface area contributed by atoms with E-state index in [1.54, 1.807) is 0 Å². The third-order valence-corrected chi connectivity index (χ3v) is 3.36. The molecule has 0 aliphatic rings. The Balaban J connectivity index is 2.61. The predicted octanol–water partition coefficient (Wildman–Crippen LogP) is 2.89. The number of hydrogen-bond donors (Lipinski definition) is 1. The summed E-state index contributed by atoms with van der Waals surface area (Å²) >= 11 is 3.96. The van der Waals surface area contributed by atoms with Crippen LogP contribution in [-0.4, -0.2) is 12.6 Å². The average molecular weight is 285 g/mol. The van der Waals surface area contributed by atoms with Crippen molar-refractivity contribution < 1.29 is 15.6 Å². The molecule has 1 unspecified atom stereocenters. The second-order valence-corrected chi connectivity index (χ2v) is 10.4. The van der Waals surface area contributed by atoms with Crippen LogP contribution in [0.3, 0.4) is 0 Å². The summed E-state index contributed by atoms with van der Waals surface area (Å²) in [5, 5.41) is 3.32. The monoisotopic (exact) mass is 285 g/mol. The molecule has 0 aliphatic heterocycles. The first-order valence-electron chi connectivity index (χ1n) is 5.74. The number of hydrogen-bond acceptors (Lipinski definition) is 1. The van der Waals surface area contributed by atoms with Gasteiger partial charge in [0, 0.05) is 0 Å². The summed E-state index contributed by atoms with van der Waals surface area (Å²) in [4.78, 5) is 0. The molecule has 0 radical (unpaired) electrons. The summed E-state index contributed by atoms with van der Waals surface area (Å²) < 4.78 is 0.809. The van der Waals surface area contributed by atoms with Crippen LogP contribution in [0, 0.1) is 11.5 Å². The second-order valence-electron chi connectivity index (χ2n) is 5.08. The van der Waals surface area contributed by atoms with Gasteiger partial charge in [0.2, 0.25) is 0 Å². The minimum absolute atomic E-state index is 0.250. The van der Waals surface area contributed by atoms with Gasteiger partial charge in [0.05, 0.1) is 0 Å². The Labute approximate surface area is 113 Å². The van der Waals surface area contributed by atoms with Crippen LogP contribution >= 0.6 is 0 Å². The van der Waals surface area contributed by atoms with Gasteiger partial charge in [-0.05, 0) is 0 Å². The van der Waals surface area contributed by atoms with Crippen molar-refractivity contribution in [3.8, 4) is 11.5 Å². The molecule has 0 saturated heterocycles. The van der Waals surface area contributed by atoms with Gasteiger partial charge in [-0.15, -0.1) is 0 Å². The van der Waals surface area contributed by atoms with E-state index in [1.807, 2.05) is 18.2 Å². The predicted molar refractivity (Wildman–Crippen MR) is 74.1 cm³/mol. The first kappa shape index (κ1) is 14.4. The van der Waals surface area contributed by atoms with Crippen molar-refractivity contribution in [3.05, 3.63) is 35.9 Å². The van der Waals surface area contributed by atoms with Gasteiger partial charge in [-0.3, -0.25) is 0 Å². The summed E-state index contributed by atoms with van der Waals surface area (Å²) in [6.07, 6.45) is 0. The van der Waals surface area contributed by atoms with Gasteiger partial charge in [-0.25, -0.2) is 0 Å². The third kappa shape index (κ3) is 6.00. The SMILES string of the molecule is CC(N[C](=[Fe+])C#C[Si](C)(C)C)c1ccccc1. The van der Waals surface area contributed by atoms with Crippen LogP contribution in [-0.2, 0) is 15.6 Å². The van der Waals surface area contributed by atoms with E-state index in [9.17, 15) is 0 Å². The molecule has 0 amide bonds. The van der Waals surface area contributed by atoms with E-state index in [2.05, 4.69) is 71.1 Å². The number of benzene rings is 1. The van der Waals surface area contributed by atoms with Crippen molar-refractivity contribution >= 4 is 12.6 Å². The molecule has 1 rings (SSSR count). The van der Waals surface area contributed by atoms with Gasteiger partial charge in [-0.1, -0.05) is 0 Å². The molecule has 0 bridgehead atoms. The van der Waals surface area contributed by atoms with E-state index in [4.69, 9.17) is 0 Å². The van der Waals surface area contributed by atoms with E-state index >= 15 is 0 Å². The van der Waals surface area contributed by atoms with Crippen LogP contribution in [0.1, 0.15) is 18.5 Å². The maximum atomic E-state index is 3.96. The normalized spacial score (nSPS) is 12.5. The Kier molecular flexibility index (Phi) is 5.36. The van der Waals surface area contributed by atoms with E-state index in [1.165, 1.54) is 5.56 Å². The summed E-state index contributed by atoms with van der Waals surface area (Å²) in [6, 6.07) is 10.6.